The first-order chi connectivity index (χ1) is 19.5. The topological polar surface area (TPSA) is 86.8 Å². The third-order valence-electron chi connectivity index (χ3n) is 6.53. The largest absolute Gasteiger partial charge is 0.354 e. The van der Waals surface area contributed by atoms with Gasteiger partial charge in [0.1, 0.15) is 17.7 Å². The minimum absolute atomic E-state index is 0.0552. The quantitative estimate of drug-likeness (QED) is 0.291. The lowest BCUT2D eigenvalue weighted by Crippen LogP contribution is -2.51. The second-order valence-corrected chi connectivity index (χ2v) is 12.3. The number of amides is 2. The van der Waals surface area contributed by atoms with Crippen LogP contribution >= 0.6 is 0 Å². The van der Waals surface area contributed by atoms with Crippen LogP contribution in [0.2, 0.25) is 0 Å². The molecule has 0 bridgehead atoms. The second kappa shape index (κ2) is 14.7. The van der Waals surface area contributed by atoms with Crippen LogP contribution in [0, 0.1) is 17.6 Å². The molecule has 1 N–H and O–H groups in total. The van der Waals surface area contributed by atoms with Crippen LogP contribution in [0.15, 0.2) is 78.9 Å². The van der Waals surface area contributed by atoms with Crippen molar-refractivity contribution >= 4 is 27.5 Å². The minimum Gasteiger partial charge on any atom is -0.354 e. The van der Waals surface area contributed by atoms with Crippen molar-refractivity contribution in [1.29, 1.82) is 0 Å². The molecule has 1 unspecified atom stereocenters. The van der Waals surface area contributed by atoms with Gasteiger partial charge in [-0.25, -0.2) is 17.2 Å². The van der Waals surface area contributed by atoms with Crippen LogP contribution in [0.4, 0.5) is 14.5 Å². The third-order valence-corrected chi connectivity index (χ3v) is 7.71. The summed E-state index contributed by atoms with van der Waals surface area (Å²) in [5.74, 6) is -1.84. The fourth-order valence-electron chi connectivity index (χ4n) is 4.42. The van der Waals surface area contributed by atoms with Gasteiger partial charge in [0, 0.05) is 38.0 Å². The summed E-state index contributed by atoms with van der Waals surface area (Å²) in [4.78, 5) is 28.6. The van der Waals surface area contributed by atoms with Gasteiger partial charge in [-0.05, 0) is 36.1 Å². The molecule has 0 saturated carbocycles. The highest BCUT2D eigenvalue weighted by atomic mass is 32.2. The molecule has 0 aliphatic rings. The molecular formula is C31H37F2N3O4S. The van der Waals surface area contributed by atoms with Crippen molar-refractivity contribution in [3.8, 4) is 0 Å². The number of halogens is 2. The molecule has 220 valence electrons. The molecule has 0 aliphatic carbocycles. The van der Waals surface area contributed by atoms with Gasteiger partial charge in [-0.15, -0.1) is 0 Å². The number of hydrogen-bond acceptors (Lipinski definition) is 4. The van der Waals surface area contributed by atoms with Gasteiger partial charge in [0.2, 0.25) is 21.8 Å². The molecule has 10 heteroatoms. The SMILES string of the molecule is CC(C)CNC(=O)C(Cc1ccccc1)N(Cc1ccccc1F)C(=O)CCCN(c1ccccc1F)S(C)(=O)=O. The molecule has 7 nitrogen and oxygen atoms in total. The van der Waals surface area contributed by atoms with E-state index in [-0.39, 0.29) is 55.4 Å². The van der Waals surface area contributed by atoms with Gasteiger partial charge in [-0.2, -0.15) is 0 Å². The van der Waals surface area contributed by atoms with Crippen molar-refractivity contribution in [3.05, 3.63) is 102 Å². The predicted octanol–water partition coefficient (Wildman–Crippen LogP) is 4.92. The Balaban J connectivity index is 1.90. The van der Waals surface area contributed by atoms with Crippen LogP contribution in [0.25, 0.3) is 0 Å². The van der Waals surface area contributed by atoms with Crippen molar-refractivity contribution in [2.24, 2.45) is 5.92 Å². The summed E-state index contributed by atoms with van der Waals surface area (Å²) in [6, 6.07) is 19.9. The molecule has 0 radical (unpaired) electrons. The number of carbonyl (C=O) groups is 2. The average Bonchev–Trinajstić information content (AvgIpc) is 2.93. The monoisotopic (exact) mass is 585 g/mol. The van der Waals surface area contributed by atoms with Crippen molar-refractivity contribution in [2.45, 2.75) is 45.7 Å². The molecule has 3 aromatic rings. The zero-order valence-electron chi connectivity index (χ0n) is 23.6. The first-order valence-electron chi connectivity index (χ1n) is 13.5. The van der Waals surface area contributed by atoms with E-state index >= 15 is 0 Å². The number of nitrogens with zero attached hydrogens (tertiary/aromatic N) is 2. The van der Waals surface area contributed by atoms with Gasteiger partial charge in [-0.1, -0.05) is 74.5 Å². The summed E-state index contributed by atoms with van der Waals surface area (Å²) < 4.78 is 55.0. The smallest absolute Gasteiger partial charge is 0.243 e. The standard InChI is InChI=1S/C31H37F2N3O4S/c1-23(2)21-34-31(38)29(20-24-12-5-4-6-13-24)35(22-25-14-7-8-15-26(25)32)30(37)18-11-19-36(41(3,39)40)28-17-10-9-16-27(28)33/h4-10,12-17,23,29H,11,18-22H2,1-3H3,(H,34,38). The molecule has 3 rings (SSSR count). The lowest BCUT2D eigenvalue weighted by Gasteiger charge is -2.32. The number of anilines is 1. The van der Waals surface area contributed by atoms with Crippen molar-refractivity contribution in [1.82, 2.24) is 10.2 Å². The fraction of sp³-hybridized carbons (Fsp3) is 0.355. The lowest BCUT2D eigenvalue weighted by molar-refractivity contribution is -0.141. The van der Waals surface area contributed by atoms with E-state index in [9.17, 15) is 26.8 Å². The summed E-state index contributed by atoms with van der Waals surface area (Å²) in [6.07, 6.45) is 1.09. The first kappa shape index (κ1) is 31.7. The predicted molar refractivity (Wildman–Crippen MR) is 157 cm³/mol. The van der Waals surface area contributed by atoms with Crippen molar-refractivity contribution in [2.75, 3.05) is 23.7 Å². The van der Waals surface area contributed by atoms with Crippen LogP contribution in [0.1, 0.15) is 37.8 Å². The van der Waals surface area contributed by atoms with Crippen LogP contribution in [0.5, 0.6) is 0 Å². The van der Waals surface area contributed by atoms with E-state index in [1.165, 1.54) is 35.2 Å². The number of rotatable bonds is 14. The molecule has 41 heavy (non-hydrogen) atoms. The van der Waals surface area contributed by atoms with Crippen molar-refractivity contribution in [3.63, 3.8) is 0 Å². The Kier molecular flexibility index (Phi) is 11.4. The van der Waals surface area contributed by atoms with E-state index in [4.69, 9.17) is 0 Å². The molecule has 0 saturated heterocycles. The van der Waals surface area contributed by atoms with E-state index in [0.29, 0.717) is 6.54 Å². The first-order valence-corrected chi connectivity index (χ1v) is 15.4. The van der Waals surface area contributed by atoms with Crippen molar-refractivity contribution < 1.29 is 26.8 Å². The average molecular weight is 586 g/mol. The lowest BCUT2D eigenvalue weighted by atomic mass is 10.0. The molecule has 0 fully saturated rings. The van der Waals surface area contributed by atoms with Gasteiger partial charge in [0.25, 0.3) is 0 Å². The maximum atomic E-state index is 14.7. The molecular weight excluding hydrogens is 548 g/mol. The Bertz CT molecular complexity index is 1420. The Morgan fingerprint density at radius 2 is 1.49 bits per heavy atom. The van der Waals surface area contributed by atoms with Gasteiger partial charge in [0.05, 0.1) is 11.9 Å². The van der Waals surface area contributed by atoms with E-state index in [1.807, 2.05) is 44.2 Å². The molecule has 2 amide bonds. The van der Waals surface area contributed by atoms with E-state index in [0.717, 1.165) is 16.1 Å². The summed E-state index contributed by atoms with van der Waals surface area (Å²) in [5, 5.41) is 2.90. The van der Waals surface area contributed by atoms with E-state index in [2.05, 4.69) is 5.32 Å². The minimum atomic E-state index is -3.84. The normalized spacial score (nSPS) is 12.1. The Labute approximate surface area is 241 Å². The summed E-state index contributed by atoms with van der Waals surface area (Å²) >= 11 is 0. The molecule has 3 aromatic carbocycles. The highest BCUT2D eigenvalue weighted by Crippen LogP contribution is 2.23. The molecule has 0 spiro atoms. The molecule has 0 aliphatic heterocycles. The van der Waals surface area contributed by atoms with Crippen LogP contribution < -0.4 is 9.62 Å². The van der Waals surface area contributed by atoms with Gasteiger partial charge < -0.3 is 10.2 Å². The zero-order valence-corrected chi connectivity index (χ0v) is 24.4. The summed E-state index contributed by atoms with van der Waals surface area (Å²) in [7, 11) is -3.84. The van der Waals surface area contributed by atoms with Crippen LogP contribution in [0.3, 0.4) is 0 Å². The van der Waals surface area contributed by atoms with Gasteiger partial charge >= 0.3 is 0 Å². The maximum absolute atomic E-state index is 14.7. The fourth-order valence-corrected chi connectivity index (χ4v) is 5.39. The number of nitrogens with one attached hydrogen (secondary N) is 1. The van der Waals surface area contributed by atoms with E-state index < -0.39 is 33.6 Å². The Morgan fingerprint density at radius 1 is 0.878 bits per heavy atom. The van der Waals surface area contributed by atoms with Gasteiger partial charge in [0.15, 0.2) is 0 Å². The Morgan fingerprint density at radius 3 is 2.10 bits per heavy atom. The number of sulfonamides is 1. The highest BCUT2D eigenvalue weighted by Gasteiger charge is 2.31. The zero-order chi connectivity index (χ0) is 30.0. The summed E-state index contributed by atoms with van der Waals surface area (Å²) in [5.41, 5.74) is 0.965. The molecule has 0 aromatic heterocycles. The van der Waals surface area contributed by atoms with Gasteiger partial charge in [-0.3, -0.25) is 13.9 Å². The maximum Gasteiger partial charge on any atom is 0.243 e. The number of hydrogen-bond donors (Lipinski definition) is 1. The second-order valence-electron chi connectivity index (χ2n) is 10.3. The number of para-hydroxylation sites is 1. The summed E-state index contributed by atoms with van der Waals surface area (Å²) in [6.45, 7) is 4.01. The third kappa shape index (κ3) is 9.38. The Hall–Kier alpha value is -3.79. The van der Waals surface area contributed by atoms with E-state index in [1.54, 1.807) is 18.2 Å². The number of benzene rings is 3. The molecule has 1 atom stereocenters. The molecule has 0 heterocycles. The van der Waals surface area contributed by atoms with Crippen LogP contribution in [-0.4, -0.2) is 50.5 Å². The number of carbonyl (C=O) groups excluding carboxylic acids is 2. The van der Waals surface area contributed by atoms with Crippen LogP contribution in [-0.2, 0) is 32.6 Å². The highest BCUT2D eigenvalue weighted by molar-refractivity contribution is 7.92.